The van der Waals surface area contributed by atoms with Crippen molar-refractivity contribution in [3.8, 4) is 0 Å². The summed E-state index contributed by atoms with van der Waals surface area (Å²) in [5.41, 5.74) is 2.12. The van der Waals surface area contributed by atoms with E-state index in [-0.39, 0.29) is 19.0 Å². The van der Waals surface area contributed by atoms with E-state index in [1.165, 1.54) is 0 Å². The van der Waals surface area contributed by atoms with Crippen LogP contribution in [0.4, 0.5) is 0 Å². The number of carbonyl (C=O) groups is 1. The molecule has 0 aliphatic heterocycles. The Morgan fingerprint density at radius 1 is 1.47 bits per heavy atom. The molecule has 1 N–H and O–H groups in total. The van der Waals surface area contributed by atoms with Gasteiger partial charge >= 0.3 is 5.97 Å². The maximum absolute atomic E-state index is 11.7. The van der Waals surface area contributed by atoms with Crippen molar-refractivity contribution in [2.24, 2.45) is 0 Å². The molecule has 0 aliphatic rings. The van der Waals surface area contributed by atoms with Crippen LogP contribution in [0.15, 0.2) is 22.6 Å². The molecule has 0 bridgehead atoms. The lowest BCUT2D eigenvalue weighted by atomic mass is 10.1. The first kappa shape index (κ1) is 11.7. The van der Waals surface area contributed by atoms with E-state index >= 15 is 0 Å². The van der Waals surface area contributed by atoms with Crippen LogP contribution < -0.4 is 0 Å². The largest absolute Gasteiger partial charge is 0.460 e. The second kappa shape index (κ2) is 4.59. The topological polar surface area (TPSA) is 59.7 Å². The Hall–Kier alpha value is -1.81. The standard InChI is InChI=1S/C13H14O4/c1-3-16-13(15)12-10(7-14)9-6-8(2)4-5-11(9)17-12/h4-6,14H,3,7H2,1-2H3. The summed E-state index contributed by atoms with van der Waals surface area (Å²) in [7, 11) is 0. The molecule has 0 saturated carbocycles. The first-order valence-electron chi connectivity index (χ1n) is 5.47. The van der Waals surface area contributed by atoms with Crippen LogP contribution in [0, 0.1) is 6.92 Å². The van der Waals surface area contributed by atoms with Crippen molar-refractivity contribution >= 4 is 16.9 Å². The lowest BCUT2D eigenvalue weighted by molar-refractivity contribution is 0.0488. The molecule has 4 nitrogen and oxygen atoms in total. The molecule has 2 rings (SSSR count). The maximum Gasteiger partial charge on any atom is 0.374 e. The minimum atomic E-state index is -0.537. The van der Waals surface area contributed by atoms with E-state index in [0.717, 1.165) is 10.9 Å². The number of benzene rings is 1. The van der Waals surface area contributed by atoms with Crippen molar-refractivity contribution in [2.45, 2.75) is 20.5 Å². The van der Waals surface area contributed by atoms with E-state index in [0.29, 0.717) is 11.1 Å². The van der Waals surface area contributed by atoms with E-state index in [4.69, 9.17) is 9.15 Å². The van der Waals surface area contributed by atoms with Crippen LogP contribution in [0.25, 0.3) is 11.0 Å². The molecule has 0 radical (unpaired) electrons. The highest BCUT2D eigenvalue weighted by Crippen LogP contribution is 2.27. The number of fused-ring (bicyclic) bond motifs is 1. The van der Waals surface area contributed by atoms with E-state index in [1.807, 2.05) is 19.1 Å². The summed E-state index contributed by atoms with van der Waals surface area (Å²) in [6, 6.07) is 5.56. The van der Waals surface area contributed by atoms with Crippen molar-refractivity contribution in [1.29, 1.82) is 0 Å². The zero-order chi connectivity index (χ0) is 12.4. The molecule has 0 unspecified atom stereocenters. The average molecular weight is 234 g/mol. The highest BCUT2D eigenvalue weighted by atomic mass is 16.5. The predicted molar refractivity (Wildman–Crippen MR) is 62.8 cm³/mol. The monoisotopic (exact) mass is 234 g/mol. The molecule has 0 fully saturated rings. The molecule has 2 aromatic rings. The van der Waals surface area contributed by atoms with Gasteiger partial charge in [0, 0.05) is 10.9 Å². The number of hydrogen-bond donors (Lipinski definition) is 1. The van der Waals surface area contributed by atoms with Crippen LogP contribution >= 0.6 is 0 Å². The van der Waals surface area contributed by atoms with Crippen molar-refractivity contribution in [1.82, 2.24) is 0 Å². The fourth-order valence-electron chi connectivity index (χ4n) is 1.78. The van der Waals surface area contributed by atoms with Crippen LogP contribution in [0.2, 0.25) is 0 Å². The number of aryl methyl sites for hydroxylation is 1. The summed E-state index contributed by atoms with van der Waals surface area (Å²) in [5.74, 6) is -0.444. The Morgan fingerprint density at radius 2 is 2.24 bits per heavy atom. The number of furan rings is 1. The first-order chi connectivity index (χ1) is 8.17. The second-order valence-electron chi connectivity index (χ2n) is 3.79. The Labute approximate surface area is 98.8 Å². The summed E-state index contributed by atoms with van der Waals surface area (Å²) in [6.07, 6.45) is 0. The Morgan fingerprint density at radius 3 is 2.88 bits per heavy atom. The van der Waals surface area contributed by atoms with Crippen LogP contribution in [-0.4, -0.2) is 17.7 Å². The number of rotatable bonds is 3. The van der Waals surface area contributed by atoms with E-state index in [2.05, 4.69) is 0 Å². The summed E-state index contributed by atoms with van der Waals surface area (Å²) in [4.78, 5) is 11.7. The fraction of sp³-hybridized carbons (Fsp3) is 0.308. The lowest BCUT2D eigenvalue weighted by Gasteiger charge is -1.99. The van der Waals surface area contributed by atoms with Crippen LogP contribution in [0.3, 0.4) is 0 Å². The first-order valence-corrected chi connectivity index (χ1v) is 5.47. The number of ether oxygens (including phenoxy) is 1. The molecular formula is C13H14O4. The molecule has 17 heavy (non-hydrogen) atoms. The summed E-state index contributed by atoms with van der Waals surface area (Å²) >= 11 is 0. The molecule has 1 aromatic heterocycles. The molecule has 4 heteroatoms. The van der Waals surface area contributed by atoms with Crippen molar-refractivity contribution < 1.29 is 19.1 Å². The number of hydrogen-bond acceptors (Lipinski definition) is 4. The zero-order valence-corrected chi connectivity index (χ0v) is 9.82. The zero-order valence-electron chi connectivity index (χ0n) is 9.82. The Bertz CT molecular complexity index is 554. The summed E-state index contributed by atoms with van der Waals surface area (Å²) in [6.45, 7) is 3.70. The van der Waals surface area contributed by atoms with Gasteiger partial charge in [-0.15, -0.1) is 0 Å². The van der Waals surface area contributed by atoms with Gasteiger partial charge in [-0.1, -0.05) is 11.6 Å². The van der Waals surface area contributed by atoms with Gasteiger partial charge in [0.05, 0.1) is 13.2 Å². The minimum Gasteiger partial charge on any atom is -0.460 e. The third-order valence-electron chi connectivity index (χ3n) is 2.57. The minimum absolute atomic E-state index is 0.0925. The normalized spacial score (nSPS) is 10.8. The number of aliphatic hydroxyl groups is 1. The average Bonchev–Trinajstić information content (AvgIpc) is 2.67. The molecule has 90 valence electrons. The van der Waals surface area contributed by atoms with Gasteiger partial charge in [0.1, 0.15) is 5.58 Å². The molecule has 0 amide bonds. The van der Waals surface area contributed by atoms with Gasteiger partial charge in [-0.3, -0.25) is 0 Å². The highest BCUT2D eigenvalue weighted by molar-refractivity contribution is 5.96. The summed E-state index contributed by atoms with van der Waals surface area (Å²) in [5, 5.41) is 10.1. The van der Waals surface area contributed by atoms with Gasteiger partial charge in [-0.25, -0.2) is 4.79 Å². The van der Waals surface area contributed by atoms with Gasteiger partial charge in [-0.05, 0) is 26.0 Å². The number of carbonyl (C=O) groups excluding carboxylic acids is 1. The Kier molecular flexibility index (Phi) is 3.15. The molecule has 1 aromatic carbocycles. The van der Waals surface area contributed by atoms with E-state index in [9.17, 15) is 9.90 Å². The van der Waals surface area contributed by atoms with E-state index < -0.39 is 5.97 Å². The highest BCUT2D eigenvalue weighted by Gasteiger charge is 2.20. The van der Waals surface area contributed by atoms with E-state index in [1.54, 1.807) is 13.0 Å². The third-order valence-corrected chi connectivity index (χ3v) is 2.57. The van der Waals surface area contributed by atoms with Crippen molar-refractivity contribution in [3.63, 3.8) is 0 Å². The summed E-state index contributed by atoms with van der Waals surface area (Å²) < 4.78 is 10.3. The molecule has 0 spiro atoms. The van der Waals surface area contributed by atoms with Crippen molar-refractivity contribution in [2.75, 3.05) is 6.61 Å². The Balaban J connectivity index is 2.60. The molecule has 0 aliphatic carbocycles. The number of aliphatic hydroxyl groups excluding tert-OH is 1. The number of esters is 1. The van der Waals surface area contributed by atoms with Gasteiger partial charge in [-0.2, -0.15) is 0 Å². The smallest absolute Gasteiger partial charge is 0.374 e. The van der Waals surface area contributed by atoms with Gasteiger partial charge in [0.15, 0.2) is 0 Å². The van der Waals surface area contributed by atoms with Gasteiger partial charge in [0.25, 0.3) is 0 Å². The van der Waals surface area contributed by atoms with Crippen molar-refractivity contribution in [3.05, 3.63) is 35.1 Å². The van der Waals surface area contributed by atoms with Crippen LogP contribution in [-0.2, 0) is 11.3 Å². The van der Waals surface area contributed by atoms with Crippen LogP contribution in [0.5, 0.6) is 0 Å². The fourth-order valence-corrected chi connectivity index (χ4v) is 1.78. The quantitative estimate of drug-likeness (QED) is 0.828. The second-order valence-corrected chi connectivity index (χ2v) is 3.79. The van der Waals surface area contributed by atoms with Gasteiger partial charge < -0.3 is 14.3 Å². The lowest BCUT2D eigenvalue weighted by Crippen LogP contribution is -2.06. The van der Waals surface area contributed by atoms with Crippen LogP contribution in [0.1, 0.15) is 28.6 Å². The molecule has 0 saturated heterocycles. The maximum atomic E-state index is 11.7. The molecule has 0 atom stereocenters. The van der Waals surface area contributed by atoms with Gasteiger partial charge in [0.2, 0.25) is 5.76 Å². The molecule has 1 heterocycles. The molecular weight excluding hydrogens is 220 g/mol. The SMILES string of the molecule is CCOC(=O)c1oc2ccc(C)cc2c1CO. The third kappa shape index (κ3) is 2.03. The predicted octanol–water partition coefficient (Wildman–Crippen LogP) is 2.41.